The molecule has 0 aliphatic carbocycles. The Morgan fingerprint density at radius 2 is 1.18 bits per heavy atom. The summed E-state index contributed by atoms with van der Waals surface area (Å²) in [5.41, 5.74) is 0. The number of rotatable bonds is 4. The van der Waals surface area contributed by atoms with Gasteiger partial charge in [-0.3, -0.25) is 28.5 Å². The van der Waals surface area contributed by atoms with E-state index in [9.17, 15) is 18.3 Å². The van der Waals surface area contributed by atoms with Crippen LogP contribution in [0, 0.1) is 0 Å². The van der Waals surface area contributed by atoms with Crippen LogP contribution in [-0.2, 0) is 18.3 Å². The van der Waals surface area contributed by atoms with Crippen molar-refractivity contribution < 1.29 is 57.4 Å². The SMILES string of the molecule is CN1CCCC1(P(=O)(O)O)P(=O)(O)O.O=P(O)(O)C1(P(=O)(O)O)CCCCN1. The summed E-state index contributed by atoms with van der Waals surface area (Å²) < 4.78 is 44.5. The molecule has 2 saturated heterocycles. The monoisotopic (exact) mass is 490 g/mol. The molecule has 2 rings (SSSR count). The lowest BCUT2D eigenvalue weighted by Gasteiger charge is -2.38. The lowest BCUT2D eigenvalue weighted by atomic mass is 10.2. The number of nitrogens with zero attached hydrogens (tertiary/aromatic N) is 1. The molecular weight excluding hydrogens is 464 g/mol. The Morgan fingerprint density at radius 1 is 0.714 bits per heavy atom. The minimum Gasteiger partial charge on any atom is -0.323 e. The van der Waals surface area contributed by atoms with Crippen molar-refractivity contribution in [3.63, 3.8) is 0 Å². The van der Waals surface area contributed by atoms with Crippen molar-refractivity contribution in [3.05, 3.63) is 0 Å². The lowest BCUT2D eigenvalue weighted by molar-refractivity contribution is 0.223. The Morgan fingerprint density at radius 3 is 1.36 bits per heavy atom. The predicted octanol–water partition coefficient (Wildman–Crippen LogP) is -0.510. The van der Waals surface area contributed by atoms with Crippen LogP contribution in [0.25, 0.3) is 0 Å². The summed E-state index contributed by atoms with van der Waals surface area (Å²) >= 11 is 0. The van der Waals surface area contributed by atoms with Crippen LogP contribution in [-0.4, -0.2) is 74.2 Å². The summed E-state index contributed by atoms with van der Waals surface area (Å²) in [4.78, 5) is 73.2. The van der Waals surface area contributed by atoms with Crippen LogP contribution < -0.4 is 5.32 Å². The Labute approximate surface area is 161 Å². The van der Waals surface area contributed by atoms with Gasteiger partial charge in [0.15, 0.2) is 0 Å². The van der Waals surface area contributed by atoms with Gasteiger partial charge in [-0.2, -0.15) is 0 Å². The molecule has 168 valence electrons. The summed E-state index contributed by atoms with van der Waals surface area (Å²) in [7, 11) is -18.1. The van der Waals surface area contributed by atoms with Crippen LogP contribution >= 0.6 is 30.4 Å². The van der Waals surface area contributed by atoms with Crippen molar-refractivity contribution in [1.82, 2.24) is 10.2 Å². The zero-order chi connectivity index (χ0) is 22.2. The number of likely N-dealkylation sites (tertiary alicyclic amines) is 1. The van der Waals surface area contributed by atoms with E-state index in [4.69, 9.17) is 39.1 Å². The van der Waals surface area contributed by atoms with Gasteiger partial charge in [-0.05, 0) is 52.2 Å². The van der Waals surface area contributed by atoms with Gasteiger partial charge in [0.2, 0.25) is 10.0 Å². The van der Waals surface area contributed by atoms with Gasteiger partial charge in [0, 0.05) is 0 Å². The maximum Gasteiger partial charge on any atom is 0.358 e. The molecule has 0 aromatic heterocycles. The van der Waals surface area contributed by atoms with E-state index in [-0.39, 0.29) is 25.9 Å². The topological polar surface area (TPSA) is 245 Å². The average Bonchev–Trinajstić information content (AvgIpc) is 2.89. The fraction of sp³-hybridized carbons (Fsp3) is 1.00. The van der Waals surface area contributed by atoms with Gasteiger partial charge < -0.3 is 39.1 Å². The molecule has 14 nitrogen and oxygen atoms in total. The van der Waals surface area contributed by atoms with Crippen molar-refractivity contribution in [2.24, 2.45) is 0 Å². The van der Waals surface area contributed by atoms with Crippen LogP contribution in [0.5, 0.6) is 0 Å². The van der Waals surface area contributed by atoms with E-state index in [0.29, 0.717) is 19.3 Å². The quantitative estimate of drug-likeness (QED) is 0.225. The minimum atomic E-state index is -4.87. The summed E-state index contributed by atoms with van der Waals surface area (Å²) in [5.74, 6) is 0. The Hall–Kier alpha value is 0.520. The molecular formula is C10H26N2O12P4. The van der Waals surface area contributed by atoms with E-state index in [1.807, 2.05) is 0 Å². The van der Waals surface area contributed by atoms with E-state index in [2.05, 4.69) is 5.32 Å². The van der Waals surface area contributed by atoms with Crippen molar-refractivity contribution in [2.75, 3.05) is 20.1 Å². The molecule has 9 N–H and O–H groups in total. The molecule has 2 aliphatic heterocycles. The molecule has 0 aromatic rings. The second-order valence-corrected chi connectivity index (χ2v) is 14.7. The summed E-state index contributed by atoms with van der Waals surface area (Å²) in [6.45, 7) is 0.479. The molecule has 0 atom stereocenters. The Balaban J connectivity index is 0.000000280. The van der Waals surface area contributed by atoms with Gasteiger partial charge in [-0.1, -0.05) is 0 Å². The lowest BCUT2D eigenvalue weighted by Crippen LogP contribution is -2.47. The highest BCUT2D eigenvalue weighted by atomic mass is 31.2. The van der Waals surface area contributed by atoms with Crippen LogP contribution in [0.15, 0.2) is 0 Å². The fourth-order valence-corrected chi connectivity index (χ4v) is 9.61. The van der Waals surface area contributed by atoms with Crippen molar-refractivity contribution in [3.8, 4) is 0 Å². The third-order valence-electron chi connectivity index (χ3n) is 4.87. The van der Waals surface area contributed by atoms with Gasteiger partial charge in [-0.15, -0.1) is 0 Å². The van der Waals surface area contributed by atoms with Crippen LogP contribution in [0.4, 0.5) is 0 Å². The Bertz CT molecular complexity index is 698. The van der Waals surface area contributed by atoms with E-state index in [0.717, 1.165) is 4.90 Å². The third-order valence-corrected chi connectivity index (χ3v) is 13.7. The molecule has 0 unspecified atom stereocenters. The normalized spacial score (nSPS) is 23.8. The molecule has 0 saturated carbocycles. The van der Waals surface area contributed by atoms with E-state index in [1.165, 1.54) is 7.05 Å². The predicted molar refractivity (Wildman–Crippen MR) is 97.4 cm³/mol. The van der Waals surface area contributed by atoms with Gasteiger partial charge >= 0.3 is 30.4 Å². The number of nitrogens with one attached hydrogen (secondary N) is 1. The van der Waals surface area contributed by atoms with Crippen molar-refractivity contribution in [1.29, 1.82) is 0 Å². The third kappa shape index (κ3) is 4.88. The molecule has 2 heterocycles. The molecule has 2 aliphatic rings. The highest BCUT2D eigenvalue weighted by Crippen LogP contribution is 2.73. The van der Waals surface area contributed by atoms with Crippen molar-refractivity contribution in [2.45, 2.75) is 42.1 Å². The van der Waals surface area contributed by atoms with Crippen LogP contribution in [0.1, 0.15) is 32.1 Å². The smallest absolute Gasteiger partial charge is 0.323 e. The molecule has 0 bridgehead atoms. The van der Waals surface area contributed by atoms with Gasteiger partial charge in [-0.25, -0.2) is 0 Å². The second-order valence-electron chi connectivity index (χ2n) is 6.68. The summed E-state index contributed by atoms with van der Waals surface area (Å²) in [6, 6.07) is 0. The van der Waals surface area contributed by atoms with Crippen LogP contribution in [0.3, 0.4) is 0 Å². The molecule has 28 heavy (non-hydrogen) atoms. The molecule has 0 radical (unpaired) electrons. The average molecular weight is 490 g/mol. The number of piperidine rings is 1. The zero-order valence-electron chi connectivity index (χ0n) is 14.9. The fourth-order valence-electron chi connectivity index (χ4n) is 3.37. The summed E-state index contributed by atoms with van der Waals surface area (Å²) in [5, 5.41) is -2.38. The molecule has 2 fully saturated rings. The Kier molecular flexibility index (Phi) is 8.13. The first kappa shape index (κ1) is 26.6. The summed E-state index contributed by atoms with van der Waals surface area (Å²) in [6.07, 6.45) is 1.03. The highest BCUT2D eigenvalue weighted by molar-refractivity contribution is 7.72. The van der Waals surface area contributed by atoms with Gasteiger partial charge in [0.1, 0.15) is 0 Å². The van der Waals surface area contributed by atoms with Gasteiger partial charge in [0.05, 0.1) is 0 Å². The highest BCUT2D eigenvalue weighted by Gasteiger charge is 2.64. The molecule has 0 spiro atoms. The first-order valence-corrected chi connectivity index (χ1v) is 14.5. The number of hydrogen-bond acceptors (Lipinski definition) is 6. The second kappa shape index (κ2) is 8.57. The first-order chi connectivity index (χ1) is 12.3. The molecule has 0 amide bonds. The van der Waals surface area contributed by atoms with E-state index >= 15 is 0 Å². The maximum atomic E-state index is 11.2. The van der Waals surface area contributed by atoms with Crippen molar-refractivity contribution >= 4 is 30.4 Å². The number of hydrogen-bond donors (Lipinski definition) is 9. The zero-order valence-corrected chi connectivity index (χ0v) is 18.5. The molecule has 18 heteroatoms. The first-order valence-electron chi connectivity index (χ1n) is 8.02. The minimum absolute atomic E-state index is 0.182. The largest absolute Gasteiger partial charge is 0.358 e. The van der Waals surface area contributed by atoms with E-state index < -0.39 is 40.4 Å². The van der Waals surface area contributed by atoms with E-state index in [1.54, 1.807) is 0 Å². The van der Waals surface area contributed by atoms with Crippen LogP contribution in [0.2, 0.25) is 0 Å². The van der Waals surface area contributed by atoms with Gasteiger partial charge in [0.25, 0.3) is 0 Å². The molecule has 0 aromatic carbocycles. The maximum absolute atomic E-state index is 11.2. The standard InChI is InChI=1S/2C5H13NO6P2/c1-6-4-2-3-5(6,13(7,8)9)14(10,11)12;7-13(8,9)5(14(10,11)12)3-1-2-4-6-5/h2-4H2,1H3,(H2,7,8,9)(H2,10,11,12);6H,1-4H2,(H2,7,8,9)(H2,10,11,12).